The minimum absolute atomic E-state index is 0.164. The maximum absolute atomic E-state index is 11.4. The van der Waals surface area contributed by atoms with Crippen LogP contribution >= 0.6 is 0 Å². The molecule has 0 aliphatic carbocycles. The van der Waals surface area contributed by atoms with Gasteiger partial charge in [-0.2, -0.15) is 0 Å². The highest BCUT2D eigenvalue weighted by molar-refractivity contribution is 6.57. The molecule has 0 fully saturated rings. The van der Waals surface area contributed by atoms with Gasteiger partial charge in [0.2, 0.25) is 5.91 Å². The summed E-state index contributed by atoms with van der Waals surface area (Å²) in [4.78, 5) is 45.3. The van der Waals surface area contributed by atoms with E-state index in [1.165, 1.54) is 12.2 Å². The normalized spacial score (nSPS) is 14.0. The summed E-state index contributed by atoms with van der Waals surface area (Å²) >= 11 is 0. The molecule has 1 heterocycles. The Morgan fingerprint density at radius 1 is 1.11 bits per heavy atom. The summed E-state index contributed by atoms with van der Waals surface area (Å²) in [5.74, 6) is -0.891. The van der Waals surface area contributed by atoms with Crippen molar-refractivity contribution in [2.24, 2.45) is 0 Å². The average Bonchev–Trinajstić information content (AvgIpc) is 2.66. The standard InChI is InChI=1S/C12H15BN2O4/c13-9(16)3-1-2-4-10(17)14-7-8-15-11(18)5-6-12(15)19/h5-6H,1-4,7-8H2,(H,14,17). The predicted octanol–water partition coefficient (Wildman–Crippen LogP) is -0.717. The molecule has 0 atom stereocenters. The first-order valence-corrected chi connectivity index (χ1v) is 6.09. The molecule has 0 bridgehead atoms. The van der Waals surface area contributed by atoms with Crippen molar-refractivity contribution < 1.29 is 19.2 Å². The predicted molar refractivity (Wildman–Crippen MR) is 68.1 cm³/mol. The SMILES string of the molecule is [B]C(=O)CCCCC(=O)NCCN1C(=O)C=CC1=O. The summed E-state index contributed by atoms with van der Waals surface area (Å²) in [6.07, 6.45) is 4.14. The van der Waals surface area contributed by atoms with Crippen LogP contribution in [0.2, 0.25) is 0 Å². The molecule has 0 aromatic rings. The van der Waals surface area contributed by atoms with Crippen molar-refractivity contribution >= 4 is 31.3 Å². The molecule has 1 rings (SSSR count). The summed E-state index contributed by atoms with van der Waals surface area (Å²) < 4.78 is 0. The van der Waals surface area contributed by atoms with E-state index in [0.717, 1.165) is 4.90 Å². The van der Waals surface area contributed by atoms with Gasteiger partial charge in [0, 0.05) is 31.7 Å². The third kappa shape index (κ3) is 5.50. The summed E-state index contributed by atoms with van der Waals surface area (Å²) in [7, 11) is 4.97. The van der Waals surface area contributed by atoms with Crippen LogP contribution in [0.1, 0.15) is 25.7 Å². The van der Waals surface area contributed by atoms with E-state index >= 15 is 0 Å². The van der Waals surface area contributed by atoms with Crippen molar-refractivity contribution in [1.29, 1.82) is 0 Å². The Balaban J connectivity index is 2.09. The summed E-state index contributed by atoms with van der Waals surface area (Å²) in [6, 6.07) is 0. The van der Waals surface area contributed by atoms with E-state index in [0.29, 0.717) is 19.3 Å². The van der Waals surface area contributed by atoms with Gasteiger partial charge in [-0.05, 0) is 19.3 Å². The van der Waals surface area contributed by atoms with Gasteiger partial charge >= 0.3 is 0 Å². The number of nitrogens with zero attached hydrogens (tertiary/aromatic N) is 1. The van der Waals surface area contributed by atoms with Crippen molar-refractivity contribution in [2.45, 2.75) is 25.7 Å². The zero-order valence-corrected chi connectivity index (χ0v) is 10.6. The Morgan fingerprint density at radius 2 is 1.68 bits per heavy atom. The molecule has 0 aromatic carbocycles. The van der Waals surface area contributed by atoms with Gasteiger partial charge in [0.25, 0.3) is 11.8 Å². The third-order valence-electron chi connectivity index (χ3n) is 2.64. The quantitative estimate of drug-likeness (QED) is 0.355. The lowest BCUT2D eigenvalue weighted by Gasteiger charge is -2.13. The second-order valence-corrected chi connectivity index (χ2v) is 4.18. The third-order valence-corrected chi connectivity index (χ3v) is 2.64. The van der Waals surface area contributed by atoms with Crippen LogP contribution in [0.4, 0.5) is 0 Å². The van der Waals surface area contributed by atoms with Crippen molar-refractivity contribution in [3.05, 3.63) is 12.2 Å². The molecule has 19 heavy (non-hydrogen) atoms. The van der Waals surface area contributed by atoms with Crippen LogP contribution in [-0.4, -0.2) is 49.2 Å². The number of unbranched alkanes of at least 4 members (excludes halogenated alkanes) is 1. The molecule has 3 amide bonds. The van der Waals surface area contributed by atoms with Gasteiger partial charge in [0.15, 0.2) is 7.85 Å². The Kier molecular flexibility index (Phi) is 5.98. The highest BCUT2D eigenvalue weighted by Gasteiger charge is 2.22. The minimum atomic E-state index is -0.376. The number of amides is 3. The van der Waals surface area contributed by atoms with Gasteiger partial charge in [0.05, 0.1) is 5.68 Å². The molecule has 6 nitrogen and oxygen atoms in total. The number of carbonyl (C=O) groups excluding carboxylic acids is 4. The van der Waals surface area contributed by atoms with Gasteiger partial charge in [-0.25, -0.2) is 0 Å². The number of hydrogen-bond donors (Lipinski definition) is 1. The van der Waals surface area contributed by atoms with E-state index in [2.05, 4.69) is 5.32 Å². The number of imide groups is 1. The van der Waals surface area contributed by atoms with Crippen LogP contribution in [0.15, 0.2) is 12.2 Å². The minimum Gasteiger partial charge on any atom is -0.354 e. The Hall–Kier alpha value is -1.92. The molecule has 0 aromatic heterocycles. The lowest BCUT2D eigenvalue weighted by atomic mass is 9.97. The fourth-order valence-electron chi connectivity index (χ4n) is 1.63. The molecular formula is C12H15BN2O4. The van der Waals surface area contributed by atoms with Crippen molar-refractivity contribution in [3.63, 3.8) is 0 Å². The highest BCUT2D eigenvalue weighted by Crippen LogP contribution is 2.02. The zero-order chi connectivity index (χ0) is 14.3. The van der Waals surface area contributed by atoms with Gasteiger partial charge in [-0.15, -0.1) is 0 Å². The van der Waals surface area contributed by atoms with E-state index in [-0.39, 0.29) is 42.9 Å². The molecule has 7 heteroatoms. The first-order chi connectivity index (χ1) is 9.00. The van der Waals surface area contributed by atoms with E-state index < -0.39 is 0 Å². The molecule has 0 spiro atoms. The molecule has 1 aliphatic heterocycles. The molecule has 1 aliphatic rings. The maximum Gasteiger partial charge on any atom is 0.253 e. The molecule has 0 saturated carbocycles. The van der Waals surface area contributed by atoms with Crippen LogP contribution in [0.5, 0.6) is 0 Å². The van der Waals surface area contributed by atoms with Crippen LogP contribution in [0.25, 0.3) is 0 Å². The molecule has 0 unspecified atom stereocenters. The largest absolute Gasteiger partial charge is 0.354 e. The fourth-order valence-corrected chi connectivity index (χ4v) is 1.63. The van der Waals surface area contributed by atoms with E-state index in [1.807, 2.05) is 0 Å². The number of carbonyl (C=O) groups is 4. The second kappa shape index (κ2) is 7.50. The summed E-state index contributed by atoms with van der Waals surface area (Å²) in [6.45, 7) is 0.394. The maximum atomic E-state index is 11.4. The molecular weight excluding hydrogens is 247 g/mol. The fraction of sp³-hybridized carbons (Fsp3) is 0.500. The van der Waals surface area contributed by atoms with Crippen LogP contribution < -0.4 is 5.32 Å². The second-order valence-electron chi connectivity index (χ2n) is 4.18. The zero-order valence-electron chi connectivity index (χ0n) is 10.6. The first-order valence-electron chi connectivity index (χ1n) is 6.09. The van der Waals surface area contributed by atoms with Gasteiger partial charge in [-0.3, -0.25) is 19.3 Å². The molecule has 0 saturated heterocycles. The monoisotopic (exact) mass is 262 g/mol. The van der Waals surface area contributed by atoms with Gasteiger partial charge < -0.3 is 10.1 Å². The van der Waals surface area contributed by atoms with Crippen LogP contribution in [0, 0.1) is 0 Å². The van der Waals surface area contributed by atoms with Crippen molar-refractivity contribution in [2.75, 3.05) is 13.1 Å². The van der Waals surface area contributed by atoms with Gasteiger partial charge in [0.1, 0.15) is 0 Å². The molecule has 2 radical (unpaired) electrons. The summed E-state index contributed by atoms with van der Waals surface area (Å²) in [5, 5.41) is 2.61. The van der Waals surface area contributed by atoms with Crippen LogP contribution in [0.3, 0.4) is 0 Å². The average molecular weight is 262 g/mol. The topological polar surface area (TPSA) is 83.6 Å². The molecule has 1 N–H and O–H groups in total. The Morgan fingerprint density at radius 3 is 2.26 bits per heavy atom. The Bertz CT molecular complexity index is 402. The number of nitrogens with one attached hydrogen (secondary N) is 1. The number of hydrogen-bond acceptors (Lipinski definition) is 4. The molecule has 100 valence electrons. The van der Waals surface area contributed by atoms with E-state index in [4.69, 9.17) is 7.85 Å². The Labute approximate surface area is 112 Å². The first kappa shape index (κ1) is 15.1. The summed E-state index contributed by atoms with van der Waals surface area (Å²) in [5.41, 5.74) is -0.376. The number of rotatable bonds is 8. The van der Waals surface area contributed by atoms with Crippen molar-refractivity contribution in [1.82, 2.24) is 10.2 Å². The lowest BCUT2D eigenvalue weighted by Crippen LogP contribution is -2.38. The lowest BCUT2D eigenvalue weighted by molar-refractivity contribution is -0.137. The van der Waals surface area contributed by atoms with Crippen LogP contribution in [-0.2, 0) is 19.2 Å². The smallest absolute Gasteiger partial charge is 0.253 e. The van der Waals surface area contributed by atoms with Gasteiger partial charge in [-0.1, -0.05) is 0 Å². The van der Waals surface area contributed by atoms with Crippen molar-refractivity contribution in [3.8, 4) is 0 Å². The van der Waals surface area contributed by atoms with E-state index in [1.54, 1.807) is 0 Å². The van der Waals surface area contributed by atoms with E-state index in [9.17, 15) is 19.2 Å². The highest BCUT2D eigenvalue weighted by atomic mass is 16.2.